The number of benzene rings is 2. The Balaban J connectivity index is 1.09. The third kappa shape index (κ3) is 7.41. The zero-order valence-electron chi connectivity index (χ0n) is 30.3. The van der Waals surface area contributed by atoms with Gasteiger partial charge in [-0.1, -0.05) is 70.1 Å². The summed E-state index contributed by atoms with van der Waals surface area (Å²) in [5, 5.41) is 10.2. The lowest BCUT2D eigenvalue weighted by Gasteiger charge is -2.30. The molecule has 0 aliphatic carbocycles. The van der Waals surface area contributed by atoms with Crippen LogP contribution in [0.5, 0.6) is 0 Å². The summed E-state index contributed by atoms with van der Waals surface area (Å²) in [6, 6.07) is 12.6. The molecule has 2 aromatic carbocycles. The van der Waals surface area contributed by atoms with Crippen LogP contribution in [0.15, 0.2) is 58.2 Å². The van der Waals surface area contributed by atoms with E-state index in [0.717, 1.165) is 53.8 Å². The van der Waals surface area contributed by atoms with E-state index in [-0.39, 0.29) is 41.4 Å². The standard InChI is InChI=1S/C39H48N6O6/c1-22(2)24(5)37(47)44-17-7-9-31(44)30-19-28(21-40-30)26-13-11-25(12-14-26)27-15-16-29-33(20-27)51-43-35(29)42-36(46)32-10-8-18-45(32)38(48)34(23(3)4)41-39(49)50-6/h11-16,20-24,31-32,34H,7-10,17-19H2,1-6H3,(H,41,49)(H,42,43,46)/t24-,31+,32+,34-/m1/s1. The number of carbonyl (C=O) groups excluding carboxylic acids is 4. The average molecular weight is 697 g/mol. The average Bonchev–Trinajstić information content (AvgIpc) is 3.96. The van der Waals surface area contributed by atoms with Gasteiger partial charge in [-0.2, -0.15) is 0 Å². The Bertz CT molecular complexity index is 1860. The van der Waals surface area contributed by atoms with Crippen LogP contribution in [0.4, 0.5) is 10.6 Å². The normalized spacial score (nSPS) is 20.1. The number of anilines is 1. The number of fused-ring (bicyclic) bond motifs is 1. The van der Waals surface area contributed by atoms with Crippen LogP contribution in [0.2, 0.25) is 0 Å². The van der Waals surface area contributed by atoms with Gasteiger partial charge in [-0.3, -0.25) is 19.4 Å². The fraction of sp³-hybridized carbons (Fsp3) is 0.487. The Kier molecular flexibility index (Phi) is 10.6. The highest BCUT2D eigenvalue weighted by Gasteiger charge is 2.39. The highest BCUT2D eigenvalue weighted by molar-refractivity contribution is 6.04. The Hall–Kier alpha value is -5.00. The van der Waals surface area contributed by atoms with Crippen LogP contribution in [-0.4, -0.2) is 82.8 Å². The zero-order valence-corrected chi connectivity index (χ0v) is 30.3. The number of aliphatic imine (C=N–C) groups is 1. The third-order valence-corrected chi connectivity index (χ3v) is 10.6. The minimum atomic E-state index is -0.815. The predicted molar refractivity (Wildman–Crippen MR) is 196 cm³/mol. The number of nitrogens with one attached hydrogen (secondary N) is 2. The van der Waals surface area contributed by atoms with E-state index >= 15 is 0 Å². The highest BCUT2D eigenvalue weighted by Crippen LogP contribution is 2.34. The SMILES string of the molecule is COC(=O)N[C@@H](C(=O)N1CCC[C@H]1C(=O)Nc1noc2cc(-c3ccc(C4=CN=C([C@@H]5CCCN5C(=O)[C@H](C)C(C)C)C4)cc3)ccc12)C(C)C. The molecule has 3 aromatic rings. The van der Waals surface area contributed by atoms with Gasteiger partial charge in [0.15, 0.2) is 11.4 Å². The van der Waals surface area contributed by atoms with Gasteiger partial charge in [0.2, 0.25) is 17.7 Å². The van der Waals surface area contributed by atoms with E-state index in [1.807, 2.05) is 50.1 Å². The maximum Gasteiger partial charge on any atom is 0.407 e. The second-order valence-electron chi connectivity index (χ2n) is 14.5. The third-order valence-electron chi connectivity index (χ3n) is 10.6. The number of likely N-dealkylation sites (tertiary alicyclic amines) is 2. The zero-order chi connectivity index (χ0) is 36.4. The van der Waals surface area contributed by atoms with Gasteiger partial charge in [0.25, 0.3) is 0 Å². The summed E-state index contributed by atoms with van der Waals surface area (Å²) in [6.07, 6.45) is 5.10. The van der Waals surface area contributed by atoms with Crippen molar-refractivity contribution in [3.63, 3.8) is 0 Å². The predicted octanol–water partition coefficient (Wildman–Crippen LogP) is 6.27. The van der Waals surface area contributed by atoms with Crippen molar-refractivity contribution < 1.29 is 28.4 Å². The first-order valence-electron chi connectivity index (χ1n) is 18.0. The summed E-state index contributed by atoms with van der Waals surface area (Å²) in [5.74, 6) is -0.0671. The molecule has 6 rings (SSSR count). The van der Waals surface area contributed by atoms with Crippen LogP contribution in [0.1, 0.15) is 72.3 Å². The van der Waals surface area contributed by atoms with Gasteiger partial charge in [0, 0.05) is 37.3 Å². The lowest BCUT2D eigenvalue weighted by molar-refractivity contribution is -0.139. The first kappa shape index (κ1) is 35.8. The van der Waals surface area contributed by atoms with Crippen LogP contribution >= 0.6 is 0 Å². The largest absolute Gasteiger partial charge is 0.453 e. The minimum absolute atomic E-state index is 0.00361. The molecular formula is C39H48N6O6. The maximum atomic E-state index is 13.4. The van der Waals surface area contributed by atoms with Crippen molar-refractivity contribution in [3.8, 4) is 11.1 Å². The summed E-state index contributed by atoms with van der Waals surface area (Å²) in [7, 11) is 1.24. The molecule has 270 valence electrons. The molecular weight excluding hydrogens is 648 g/mol. The summed E-state index contributed by atoms with van der Waals surface area (Å²) in [5.41, 5.74) is 5.75. The van der Waals surface area contributed by atoms with E-state index < -0.39 is 18.2 Å². The molecule has 0 bridgehead atoms. The van der Waals surface area contributed by atoms with E-state index in [2.05, 4.69) is 53.9 Å². The summed E-state index contributed by atoms with van der Waals surface area (Å²) in [6.45, 7) is 11.1. The summed E-state index contributed by atoms with van der Waals surface area (Å²) >= 11 is 0. The molecule has 4 atom stereocenters. The Morgan fingerprint density at radius 3 is 2.25 bits per heavy atom. The molecule has 0 unspecified atom stereocenters. The number of alkyl carbamates (subject to hydrolysis) is 1. The minimum Gasteiger partial charge on any atom is -0.453 e. The van der Waals surface area contributed by atoms with Crippen LogP contribution in [-0.2, 0) is 19.1 Å². The second-order valence-corrected chi connectivity index (χ2v) is 14.5. The number of rotatable bonds is 10. The number of allylic oxidation sites excluding steroid dienone is 1. The first-order chi connectivity index (χ1) is 24.5. The smallest absolute Gasteiger partial charge is 0.407 e. The molecule has 4 amide bonds. The molecule has 12 heteroatoms. The van der Waals surface area contributed by atoms with E-state index in [9.17, 15) is 19.2 Å². The molecule has 1 aromatic heterocycles. The topological polar surface area (TPSA) is 146 Å². The number of amides is 4. The van der Waals surface area contributed by atoms with E-state index in [4.69, 9.17) is 14.3 Å². The maximum absolute atomic E-state index is 13.4. The molecule has 3 aliphatic rings. The number of methoxy groups -OCH3 is 1. The first-order valence-corrected chi connectivity index (χ1v) is 18.0. The second kappa shape index (κ2) is 15.1. The van der Waals surface area contributed by atoms with Crippen LogP contribution in [0, 0.1) is 17.8 Å². The number of carbonyl (C=O) groups is 4. The molecule has 51 heavy (non-hydrogen) atoms. The Morgan fingerprint density at radius 1 is 0.863 bits per heavy atom. The fourth-order valence-electron chi connectivity index (χ4n) is 7.22. The van der Waals surface area contributed by atoms with Crippen molar-refractivity contribution in [1.82, 2.24) is 20.3 Å². The van der Waals surface area contributed by atoms with Crippen LogP contribution in [0.3, 0.4) is 0 Å². The number of hydrogen-bond donors (Lipinski definition) is 2. The van der Waals surface area contributed by atoms with Gasteiger partial charge in [-0.25, -0.2) is 4.79 Å². The number of aromatic nitrogens is 1. The van der Waals surface area contributed by atoms with Crippen molar-refractivity contribution in [2.75, 3.05) is 25.5 Å². The van der Waals surface area contributed by atoms with Gasteiger partial charge >= 0.3 is 6.09 Å². The van der Waals surface area contributed by atoms with Crippen LogP contribution in [0.25, 0.3) is 27.7 Å². The summed E-state index contributed by atoms with van der Waals surface area (Å²) < 4.78 is 10.3. The van der Waals surface area contributed by atoms with Crippen LogP contribution < -0.4 is 10.6 Å². The Labute approximate surface area is 298 Å². The van der Waals surface area contributed by atoms with Crippen molar-refractivity contribution in [2.24, 2.45) is 22.7 Å². The van der Waals surface area contributed by atoms with Gasteiger partial charge in [0.05, 0.1) is 18.5 Å². The number of nitrogens with zero attached hydrogens (tertiary/aromatic N) is 4. The molecule has 0 spiro atoms. The lowest BCUT2D eigenvalue weighted by Crippen LogP contribution is -2.54. The fourth-order valence-corrected chi connectivity index (χ4v) is 7.22. The molecule has 2 N–H and O–H groups in total. The lowest BCUT2D eigenvalue weighted by atomic mass is 9.94. The molecule has 2 saturated heterocycles. The van der Waals surface area contributed by atoms with Gasteiger partial charge in [-0.15, -0.1) is 0 Å². The molecule has 2 fully saturated rings. The van der Waals surface area contributed by atoms with Gasteiger partial charge in [-0.05, 0) is 71.9 Å². The van der Waals surface area contributed by atoms with E-state index in [1.54, 1.807) is 0 Å². The highest BCUT2D eigenvalue weighted by atomic mass is 16.5. The number of ether oxygens (including phenoxy) is 1. The molecule has 0 saturated carbocycles. The number of hydrogen-bond acceptors (Lipinski definition) is 8. The Morgan fingerprint density at radius 2 is 1.55 bits per heavy atom. The molecule has 0 radical (unpaired) electrons. The van der Waals surface area contributed by atoms with Crippen molar-refractivity contribution >= 4 is 51.9 Å². The quantitative estimate of drug-likeness (QED) is 0.254. The molecule has 4 heterocycles. The van der Waals surface area contributed by atoms with Crippen molar-refractivity contribution in [3.05, 3.63) is 54.2 Å². The summed E-state index contributed by atoms with van der Waals surface area (Å²) in [4.78, 5) is 60.2. The van der Waals surface area contributed by atoms with Gasteiger partial charge < -0.3 is 29.7 Å². The monoisotopic (exact) mass is 696 g/mol. The van der Waals surface area contributed by atoms with Crippen molar-refractivity contribution in [2.45, 2.75) is 84.8 Å². The van der Waals surface area contributed by atoms with E-state index in [0.29, 0.717) is 36.3 Å². The van der Waals surface area contributed by atoms with E-state index in [1.165, 1.54) is 12.0 Å². The molecule has 12 nitrogen and oxygen atoms in total. The van der Waals surface area contributed by atoms with Gasteiger partial charge in [0.1, 0.15) is 12.1 Å². The molecule has 3 aliphatic heterocycles. The van der Waals surface area contributed by atoms with Crippen molar-refractivity contribution in [1.29, 1.82) is 0 Å².